The van der Waals surface area contributed by atoms with Gasteiger partial charge in [-0.25, -0.2) is 4.79 Å². The van der Waals surface area contributed by atoms with Gasteiger partial charge in [0.1, 0.15) is 5.00 Å². The lowest BCUT2D eigenvalue weighted by Gasteiger charge is -2.12. The van der Waals surface area contributed by atoms with E-state index < -0.39 is 0 Å². The van der Waals surface area contributed by atoms with E-state index in [1.807, 2.05) is 42.1 Å². The molecule has 0 atom stereocenters. The second-order valence-electron chi connectivity index (χ2n) is 7.97. The summed E-state index contributed by atoms with van der Waals surface area (Å²) >= 11 is 13.1. The van der Waals surface area contributed by atoms with Crippen molar-refractivity contribution in [3.05, 3.63) is 63.2 Å². The van der Waals surface area contributed by atoms with Crippen molar-refractivity contribution in [2.45, 2.75) is 52.0 Å². The molecule has 6 nitrogen and oxygen atoms in total. The van der Waals surface area contributed by atoms with E-state index in [0.717, 1.165) is 47.5 Å². The quantitative estimate of drug-likeness (QED) is 0.305. The van der Waals surface area contributed by atoms with Gasteiger partial charge in [-0.05, 0) is 68.1 Å². The Balaban J connectivity index is 1.47. The Morgan fingerprint density at radius 2 is 1.94 bits per heavy atom. The minimum Gasteiger partial charge on any atom is -0.462 e. The molecule has 1 aliphatic rings. The first kappa shape index (κ1) is 23.7. The first-order valence-electron chi connectivity index (χ1n) is 11.2. The highest BCUT2D eigenvalue weighted by Gasteiger charge is 2.25. The molecular weight excluding hydrogens is 476 g/mol. The van der Waals surface area contributed by atoms with E-state index in [4.69, 9.17) is 28.6 Å². The molecule has 0 saturated carbocycles. The van der Waals surface area contributed by atoms with Gasteiger partial charge in [-0.1, -0.05) is 36.6 Å². The van der Waals surface area contributed by atoms with Gasteiger partial charge < -0.3 is 15.4 Å². The lowest BCUT2D eigenvalue weighted by atomic mass is 9.96. The predicted octanol–water partition coefficient (Wildman–Crippen LogP) is 6.29. The van der Waals surface area contributed by atoms with Gasteiger partial charge in [0.25, 0.3) is 0 Å². The van der Waals surface area contributed by atoms with Gasteiger partial charge >= 0.3 is 5.97 Å². The van der Waals surface area contributed by atoms with Crippen molar-refractivity contribution in [2.75, 3.05) is 17.2 Å². The molecule has 0 unspecified atom stereocenters. The number of hydrogen-bond donors (Lipinski definition) is 2. The Labute approximate surface area is 208 Å². The molecule has 0 fully saturated rings. The number of halogens is 1. The van der Waals surface area contributed by atoms with Crippen LogP contribution in [0.3, 0.4) is 0 Å². The third-order valence-electron chi connectivity index (χ3n) is 5.53. The third-order valence-corrected chi connectivity index (χ3v) is 7.19. The molecule has 0 radical (unpaired) electrons. The Morgan fingerprint density at radius 3 is 2.70 bits per heavy atom. The van der Waals surface area contributed by atoms with Crippen LogP contribution in [0.5, 0.6) is 0 Å². The van der Waals surface area contributed by atoms with E-state index in [0.29, 0.717) is 28.9 Å². The predicted molar refractivity (Wildman–Crippen MR) is 139 cm³/mol. The monoisotopic (exact) mass is 502 g/mol. The Bertz CT molecular complexity index is 1120. The van der Waals surface area contributed by atoms with Crippen molar-refractivity contribution in [3.8, 4) is 0 Å². The van der Waals surface area contributed by atoms with Crippen molar-refractivity contribution >= 4 is 56.9 Å². The topological polar surface area (TPSA) is 68.2 Å². The van der Waals surface area contributed by atoms with Crippen LogP contribution in [0.1, 0.15) is 59.0 Å². The number of aryl methyl sites for hydroxylation is 1. The highest BCUT2D eigenvalue weighted by molar-refractivity contribution is 7.80. The van der Waals surface area contributed by atoms with Gasteiger partial charge in [-0.2, -0.15) is 5.10 Å². The Kier molecular flexibility index (Phi) is 8.01. The highest BCUT2D eigenvalue weighted by Crippen LogP contribution is 2.37. The van der Waals surface area contributed by atoms with Crippen LogP contribution in [-0.4, -0.2) is 27.5 Å². The molecule has 1 aliphatic carbocycles. The molecule has 4 rings (SSSR count). The van der Waals surface area contributed by atoms with E-state index in [1.165, 1.54) is 17.7 Å². The highest BCUT2D eigenvalue weighted by atomic mass is 35.5. The number of hydrogen-bond acceptors (Lipinski definition) is 5. The molecule has 33 heavy (non-hydrogen) atoms. The molecule has 2 heterocycles. The number of nitrogens with zero attached hydrogens (tertiary/aromatic N) is 2. The molecule has 0 amide bonds. The number of esters is 1. The number of fused-ring (bicyclic) bond motifs is 1. The van der Waals surface area contributed by atoms with E-state index in [9.17, 15) is 4.79 Å². The maximum atomic E-state index is 12.8. The van der Waals surface area contributed by atoms with Crippen LogP contribution >= 0.6 is 35.2 Å². The number of carbonyl (C=O) groups is 1. The van der Waals surface area contributed by atoms with Crippen molar-refractivity contribution in [2.24, 2.45) is 0 Å². The summed E-state index contributed by atoms with van der Waals surface area (Å²) in [4.78, 5) is 14.1. The first-order valence-corrected chi connectivity index (χ1v) is 12.8. The van der Waals surface area contributed by atoms with Gasteiger partial charge in [0.15, 0.2) is 5.11 Å². The SMILES string of the molecule is CCOC(=O)c1c(NC(=S)Nc2cnn(Cc3ccc(Cl)cc3)c2)sc2c1CCCCCC2. The number of ether oxygens (including phenoxy) is 1. The maximum Gasteiger partial charge on any atom is 0.341 e. The summed E-state index contributed by atoms with van der Waals surface area (Å²) in [5.41, 5.74) is 3.64. The van der Waals surface area contributed by atoms with Crippen LogP contribution in [0, 0.1) is 0 Å². The summed E-state index contributed by atoms with van der Waals surface area (Å²) in [6.07, 6.45) is 10.2. The van der Waals surface area contributed by atoms with Crippen LogP contribution in [0.4, 0.5) is 10.7 Å². The number of benzene rings is 1. The molecule has 2 aromatic heterocycles. The van der Waals surface area contributed by atoms with Crippen LogP contribution in [-0.2, 0) is 24.1 Å². The lowest BCUT2D eigenvalue weighted by Crippen LogP contribution is -2.20. The molecule has 0 bridgehead atoms. The number of anilines is 2. The van der Waals surface area contributed by atoms with E-state index in [2.05, 4.69) is 15.7 Å². The molecule has 0 saturated heterocycles. The average Bonchev–Trinajstić information content (AvgIpc) is 3.33. The third kappa shape index (κ3) is 6.13. The zero-order valence-corrected chi connectivity index (χ0v) is 20.9. The van der Waals surface area contributed by atoms with Crippen LogP contribution < -0.4 is 10.6 Å². The van der Waals surface area contributed by atoms with Gasteiger partial charge in [-0.15, -0.1) is 11.3 Å². The largest absolute Gasteiger partial charge is 0.462 e. The summed E-state index contributed by atoms with van der Waals surface area (Å²) in [7, 11) is 0. The van der Waals surface area contributed by atoms with Gasteiger partial charge in [0.2, 0.25) is 0 Å². The van der Waals surface area contributed by atoms with Crippen molar-refractivity contribution in [1.82, 2.24) is 9.78 Å². The molecule has 0 spiro atoms. The number of rotatable bonds is 6. The second-order valence-corrected chi connectivity index (χ2v) is 9.92. The van der Waals surface area contributed by atoms with Crippen LogP contribution in [0.25, 0.3) is 0 Å². The Morgan fingerprint density at radius 1 is 1.18 bits per heavy atom. The normalized spacial score (nSPS) is 13.5. The van der Waals surface area contributed by atoms with Crippen LogP contribution in [0.2, 0.25) is 5.02 Å². The van der Waals surface area contributed by atoms with Crippen molar-refractivity contribution in [3.63, 3.8) is 0 Å². The number of carbonyl (C=O) groups excluding carboxylic acids is 1. The molecule has 174 valence electrons. The van der Waals surface area contributed by atoms with E-state index >= 15 is 0 Å². The molecule has 2 N–H and O–H groups in total. The van der Waals surface area contributed by atoms with Crippen LogP contribution in [0.15, 0.2) is 36.7 Å². The van der Waals surface area contributed by atoms with Crippen molar-refractivity contribution in [1.29, 1.82) is 0 Å². The molecule has 3 aromatic rings. The van der Waals surface area contributed by atoms with Crippen molar-refractivity contribution < 1.29 is 9.53 Å². The molecule has 0 aliphatic heterocycles. The fourth-order valence-corrected chi connectivity index (χ4v) is 5.68. The summed E-state index contributed by atoms with van der Waals surface area (Å²) in [5.74, 6) is -0.281. The minimum atomic E-state index is -0.281. The zero-order valence-electron chi connectivity index (χ0n) is 18.5. The van der Waals surface area contributed by atoms with Gasteiger partial charge in [0.05, 0.1) is 30.6 Å². The average molecular weight is 503 g/mol. The number of thiocarbonyl (C=S) groups is 1. The summed E-state index contributed by atoms with van der Waals surface area (Å²) in [6.45, 7) is 2.80. The van der Waals surface area contributed by atoms with Gasteiger partial charge in [-0.3, -0.25) is 4.68 Å². The summed E-state index contributed by atoms with van der Waals surface area (Å²) in [5, 5.41) is 12.7. The molecule has 9 heteroatoms. The van der Waals surface area contributed by atoms with E-state index in [1.54, 1.807) is 17.5 Å². The van der Waals surface area contributed by atoms with Gasteiger partial charge in [0, 0.05) is 16.1 Å². The number of thiophene rings is 1. The maximum absolute atomic E-state index is 12.8. The van der Waals surface area contributed by atoms with E-state index in [-0.39, 0.29) is 5.97 Å². The number of nitrogens with one attached hydrogen (secondary N) is 2. The molecular formula is C24H27ClN4O2S2. The number of aromatic nitrogens is 2. The second kappa shape index (κ2) is 11.1. The first-order chi connectivity index (χ1) is 16.0. The fourth-order valence-electron chi connectivity index (χ4n) is 3.98. The molecule has 1 aromatic carbocycles. The Hall–Kier alpha value is -2.42. The standard InChI is InChI=1S/C24H27ClN4O2S2/c1-2-31-23(30)21-19-7-5-3-4-6-8-20(19)33-22(21)28-24(32)27-18-13-26-29(15-18)14-16-9-11-17(25)12-10-16/h9-13,15H,2-8,14H2,1H3,(H2,27,28,32). The zero-order chi connectivity index (χ0) is 23.2. The fraction of sp³-hybridized carbons (Fsp3) is 0.375. The smallest absolute Gasteiger partial charge is 0.341 e. The summed E-state index contributed by atoms with van der Waals surface area (Å²) < 4.78 is 7.20. The minimum absolute atomic E-state index is 0.281. The summed E-state index contributed by atoms with van der Waals surface area (Å²) in [6, 6.07) is 7.68. The lowest BCUT2D eigenvalue weighted by molar-refractivity contribution is 0.0526.